The van der Waals surface area contributed by atoms with Crippen LogP contribution in [0.3, 0.4) is 0 Å². The summed E-state index contributed by atoms with van der Waals surface area (Å²) in [7, 11) is 0. The molecule has 2 heterocycles. The van der Waals surface area contributed by atoms with Crippen LogP contribution in [0.5, 0.6) is 0 Å². The smallest absolute Gasteiger partial charge is 0.130 e. The predicted molar refractivity (Wildman–Crippen MR) is 77.2 cm³/mol. The molecule has 1 atom stereocenters. The zero-order valence-corrected chi connectivity index (χ0v) is 11.3. The van der Waals surface area contributed by atoms with Crippen molar-refractivity contribution in [1.29, 1.82) is 0 Å². The van der Waals surface area contributed by atoms with E-state index in [-0.39, 0.29) is 0 Å². The van der Waals surface area contributed by atoms with Crippen LogP contribution in [0.2, 0.25) is 0 Å². The van der Waals surface area contributed by atoms with Gasteiger partial charge in [-0.15, -0.1) is 0 Å². The van der Waals surface area contributed by atoms with Crippen LogP contribution in [0, 0.1) is 0 Å². The number of aromatic nitrogens is 1. The summed E-state index contributed by atoms with van der Waals surface area (Å²) in [4.78, 5) is 4.80. The van der Waals surface area contributed by atoms with Crippen molar-refractivity contribution in [2.24, 2.45) is 0 Å². The van der Waals surface area contributed by atoms with Crippen molar-refractivity contribution in [2.75, 3.05) is 5.32 Å². The van der Waals surface area contributed by atoms with E-state index in [1.165, 1.54) is 22.9 Å². The fraction of sp³-hybridized carbons (Fsp3) is 0.438. The zero-order valence-electron chi connectivity index (χ0n) is 11.3. The molecule has 0 saturated heterocycles. The van der Waals surface area contributed by atoms with E-state index in [9.17, 15) is 0 Å². The Balaban J connectivity index is 2.13. The molecule has 0 aliphatic carbocycles. The van der Waals surface area contributed by atoms with Crippen molar-refractivity contribution in [2.45, 2.75) is 45.6 Å². The molecule has 1 aliphatic heterocycles. The second-order valence-corrected chi connectivity index (χ2v) is 5.69. The normalized spacial score (nSPS) is 18.8. The Bertz CT molecular complexity index is 587. The van der Waals surface area contributed by atoms with Gasteiger partial charge in [-0.25, -0.2) is 4.98 Å². The third-order valence-electron chi connectivity index (χ3n) is 3.82. The minimum atomic E-state index is 0.538. The number of aryl methyl sites for hydroxylation is 1. The number of pyridine rings is 1. The minimum Gasteiger partial charge on any atom is -0.367 e. The number of nitrogens with zero attached hydrogens (tertiary/aromatic N) is 1. The van der Waals surface area contributed by atoms with E-state index in [1.807, 2.05) is 0 Å². The summed E-state index contributed by atoms with van der Waals surface area (Å²) in [5.74, 6) is 1.64. The lowest BCUT2D eigenvalue weighted by molar-refractivity contribution is 0.675. The lowest BCUT2D eigenvalue weighted by Gasteiger charge is -2.23. The first kappa shape index (κ1) is 11.5. The molecule has 0 unspecified atom stereocenters. The van der Waals surface area contributed by atoms with Crippen molar-refractivity contribution >= 4 is 16.7 Å². The van der Waals surface area contributed by atoms with E-state index >= 15 is 0 Å². The van der Waals surface area contributed by atoms with Crippen LogP contribution in [0.25, 0.3) is 10.9 Å². The molecular weight excluding hydrogens is 220 g/mol. The van der Waals surface area contributed by atoms with Gasteiger partial charge in [0.15, 0.2) is 0 Å². The molecule has 0 saturated carbocycles. The Morgan fingerprint density at radius 1 is 1.28 bits per heavy atom. The number of benzene rings is 1. The summed E-state index contributed by atoms with van der Waals surface area (Å²) in [6.45, 7) is 6.67. The van der Waals surface area contributed by atoms with Gasteiger partial charge in [-0.05, 0) is 48.9 Å². The predicted octanol–water partition coefficient (Wildman–Crippen LogP) is 4.10. The van der Waals surface area contributed by atoms with Crippen molar-refractivity contribution in [3.8, 4) is 0 Å². The van der Waals surface area contributed by atoms with Crippen molar-refractivity contribution in [3.05, 3.63) is 35.4 Å². The summed E-state index contributed by atoms with van der Waals surface area (Å²) in [6.07, 6.45) is 2.34. The third kappa shape index (κ3) is 1.96. The molecule has 18 heavy (non-hydrogen) atoms. The second-order valence-electron chi connectivity index (χ2n) is 5.69. The Hall–Kier alpha value is -1.57. The van der Waals surface area contributed by atoms with Crippen LogP contribution >= 0.6 is 0 Å². The molecule has 0 bridgehead atoms. The van der Waals surface area contributed by atoms with Crippen LogP contribution in [0.1, 0.15) is 44.2 Å². The molecule has 0 radical (unpaired) electrons. The van der Waals surface area contributed by atoms with Gasteiger partial charge in [-0.2, -0.15) is 0 Å². The highest BCUT2D eigenvalue weighted by molar-refractivity contribution is 5.82. The molecule has 0 spiro atoms. The molecule has 94 valence electrons. The molecule has 2 heteroatoms. The quantitative estimate of drug-likeness (QED) is 0.811. The van der Waals surface area contributed by atoms with Crippen LogP contribution in [0.15, 0.2) is 24.3 Å². The Labute approximate surface area is 108 Å². The minimum absolute atomic E-state index is 0.538. The van der Waals surface area contributed by atoms with Crippen LogP contribution in [-0.4, -0.2) is 11.0 Å². The molecule has 1 N–H and O–H groups in total. The maximum Gasteiger partial charge on any atom is 0.130 e. The average molecular weight is 240 g/mol. The van der Waals surface area contributed by atoms with Gasteiger partial charge >= 0.3 is 0 Å². The Morgan fingerprint density at radius 3 is 2.89 bits per heavy atom. The van der Waals surface area contributed by atoms with Crippen molar-refractivity contribution in [3.63, 3.8) is 0 Å². The monoisotopic (exact) mass is 240 g/mol. The van der Waals surface area contributed by atoms with E-state index in [0.29, 0.717) is 12.0 Å². The number of hydrogen-bond acceptors (Lipinski definition) is 2. The lowest BCUT2D eigenvalue weighted by atomic mass is 9.98. The van der Waals surface area contributed by atoms with Crippen LogP contribution in [0.4, 0.5) is 5.82 Å². The first-order chi connectivity index (χ1) is 8.63. The van der Waals surface area contributed by atoms with Gasteiger partial charge in [0.25, 0.3) is 0 Å². The highest BCUT2D eigenvalue weighted by atomic mass is 15.0. The molecule has 2 aromatic rings. The van der Waals surface area contributed by atoms with Crippen LogP contribution in [-0.2, 0) is 6.42 Å². The van der Waals surface area contributed by atoms with E-state index in [0.717, 1.165) is 17.8 Å². The Kier molecular flexibility index (Phi) is 2.73. The zero-order chi connectivity index (χ0) is 12.7. The summed E-state index contributed by atoms with van der Waals surface area (Å²) < 4.78 is 0. The van der Waals surface area contributed by atoms with E-state index in [1.54, 1.807) is 0 Å². The average Bonchev–Trinajstić information content (AvgIpc) is 2.35. The Morgan fingerprint density at radius 2 is 2.11 bits per heavy atom. The topological polar surface area (TPSA) is 24.9 Å². The number of anilines is 1. The molecule has 0 amide bonds. The first-order valence-corrected chi connectivity index (χ1v) is 6.83. The second kappa shape index (κ2) is 4.27. The van der Waals surface area contributed by atoms with Crippen molar-refractivity contribution < 1.29 is 0 Å². The van der Waals surface area contributed by atoms with Gasteiger partial charge in [0, 0.05) is 11.4 Å². The summed E-state index contributed by atoms with van der Waals surface area (Å²) in [6, 6.07) is 9.48. The molecular formula is C16H20N2. The number of rotatable bonds is 1. The third-order valence-corrected chi connectivity index (χ3v) is 3.82. The molecule has 1 aliphatic rings. The fourth-order valence-corrected chi connectivity index (χ4v) is 2.58. The SMILES string of the molecule is CC(C)c1ccc2cc3c(nc2c1)N[C@H](C)CC3. The lowest BCUT2D eigenvalue weighted by Crippen LogP contribution is -2.22. The largest absolute Gasteiger partial charge is 0.367 e. The maximum absolute atomic E-state index is 4.80. The molecule has 1 aromatic heterocycles. The fourth-order valence-electron chi connectivity index (χ4n) is 2.58. The first-order valence-electron chi connectivity index (χ1n) is 6.83. The summed E-state index contributed by atoms with van der Waals surface area (Å²) >= 11 is 0. The van der Waals surface area contributed by atoms with Crippen LogP contribution < -0.4 is 5.32 Å². The van der Waals surface area contributed by atoms with E-state index < -0.39 is 0 Å². The highest BCUT2D eigenvalue weighted by Gasteiger charge is 2.16. The molecule has 0 fully saturated rings. The van der Waals surface area contributed by atoms with E-state index in [4.69, 9.17) is 4.98 Å². The number of fused-ring (bicyclic) bond motifs is 2. The summed E-state index contributed by atoms with van der Waals surface area (Å²) in [5, 5.41) is 4.75. The summed E-state index contributed by atoms with van der Waals surface area (Å²) in [5.41, 5.74) is 3.83. The van der Waals surface area contributed by atoms with Crippen molar-refractivity contribution in [1.82, 2.24) is 4.98 Å². The van der Waals surface area contributed by atoms with Gasteiger partial charge in [0.1, 0.15) is 5.82 Å². The standard InChI is InChI=1S/C16H20N2/c1-10(2)12-6-7-13-8-14-5-4-11(3)17-16(14)18-15(13)9-12/h6-11H,4-5H2,1-3H3,(H,17,18)/t11-/m1/s1. The van der Waals surface area contributed by atoms with Gasteiger partial charge in [-0.1, -0.05) is 26.0 Å². The molecule has 3 rings (SSSR count). The molecule has 2 nitrogen and oxygen atoms in total. The number of hydrogen-bond donors (Lipinski definition) is 1. The molecule has 1 aromatic carbocycles. The van der Waals surface area contributed by atoms with Gasteiger partial charge < -0.3 is 5.32 Å². The number of nitrogens with one attached hydrogen (secondary N) is 1. The highest BCUT2D eigenvalue weighted by Crippen LogP contribution is 2.28. The van der Waals surface area contributed by atoms with Gasteiger partial charge in [0.2, 0.25) is 0 Å². The van der Waals surface area contributed by atoms with E-state index in [2.05, 4.69) is 50.4 Å². The maximum atomic E-state index is 4.80. The van der Waals surface area contributed by atoms with Gasteiger partial charge in [-0.3, -0.25) is 0 Å². The van der Waals surface area contributed by atoms with Gasteiger partial charge in [0.05, 0.1) is 5.52 Å².